The number of hydrogen-bond acceptors (Lipinski definition) is 5. The molecule has 68 heavy (non-hydrogen) atoms. The average molecular weight is 886 g/mol. The Morgan fingerprint density at radius 3 is 1.72 bits per heavy atom. The topological polar surface area (TPSA) is 61.7 Å². The normalized spacial score (nSPS) is 12.1. The van der Waals surface area contributed by atoms with E-state index in [0.29, 0.717) is 17.5 Å². The van der Waals surface area contributed by atoms with Crippen LogP contribution < -0.4 is 0 Å². The Bertz CT molecular complexity index is 4580. The number of hydrogen-bond donors (Lipinski definition) is 0. The van der Waals surface area contributed by atoms with Crippen molar-refractivity contribution in [2.45, 2.75) is 0 Å². The van der Waals surface area contributed by atoms with Crippen molar-refractivity contribution in [2.75, 3.05) is 0 Å². The van der Waals surface area contributed by atoms with E-state index in [1.54, 1.807) is 11.3 Å². The zero-order valence-electron chi connectivity index (χ0n) is 36.3. The predicted octanol–water partition coefficient (Wildman–Crippen LogP) is 16.5. The van der Waals surface area contributed by atoms with Gasteiger partial charge >= 0.3 is 0 Å². The molecule has 15 aromatic rings. The second-order valence-electron chi connectivity index (χ2n) is 17.5. The first kappa shape index (κ1) is 37.3. The Labute approximate surface area is 392 Å². The highest BCUT2D eigenvalue weighted by molar-refractivity contribution is 7.25. The molecule has 6 nitrogen and oxygen atoms in total. The fraction of sp³-hybridized carbons (Fsp3) is 0. The molecule has 0 aliphatic rings. The van der Waals surface area contributed by atoms with Gasteiger partial charge in [0.2, 0.25) is 0 Å². The van der Waals surface area contributed by atoms with Crippen molar-refractivity contribution in [1.82, 2.24) is 24.1 Å². The third-order valence-corrected chi connectivity index (χ3v) is 14.9. The number of aromatic nitrogens is 5. The summed E-state index contributed by atoms with van der Waals surface area (Å²) in [5.41, 5.74) is 10.8. The molecule has 0 spiro atoms. The molecule has 5 aromatic heterocycles. The number of benzene rings is 10. The molecule has 0 saturated carbocycles. The molecule has 0 saturated heterocycles. The molecule has 0 aliphatic heterocycles. The molecule has 0 atom stereocenters. The molecule has 0 fully saturated rings. The van der Waals surface area contributed by atoms with Crippen molar-refractivity contribution in [1.29, 1.82) is 0 Å². The molecule has 5 heterocycles. The number of fused-ring (bicyclic) bond motifs is 13. The van der Waals surface area contributed by atoms with Gasteiger partial charge < -0.3 is 13.6 Å². The van der Waals surface area contributed by atoms with Crippen molar-refractivity contribution in [2.24, 2.45) is 0 Å². The maximum absolute atomic E-state index is 7.04. The SMILES string of the molecule is c1ccc(-n2c3ccccc3c3c(-c4nc(-c5cccc6sc7ccccc7c56)nc(-c5ccc(-n6c7ccccc7c7cc8ccccc8cc76)c6oc7ccccc7c56)n4)cccc32)cc1. The number of thiophene rings is 1. The van der Waals surface area contributed by atoms with Gasteiger partial charge in [0.05, 0.1) is 27.8 Å². The molecular weight excluding hydrogens is 851 g/mol. The standard InChI is InChI=1S/C61H35N5OS/c1-2-18-38(19-3-1)65-48-27-11-7-21-40(48)55-43(24-14-28-49(55)65)59-62-60(44-25-15-31-54-56(44)42-23-9-13-30-53(42)68-54)64-61(63-59)45-32-33-50(58-57(45)41-22-8-12-29-52(41)67-58)66-47-26-10-6-20-39(47)46-34-36-16-4-5-17-37(36)35-51(46)66/h1-35H. The second kappa shape index (κ2) is 14.3. The molecule has 0 aliphatic carbocycles. The highest BCUT2D eigenvalue weighted by Gasteiger charge is 2.25. The van der Waals surface area contributed by atoms with E-state index in [0.717, 1.165) is 88.2 Å². The monoisotopic (exact) mass is 885 g/mol. The molecule has 15 rings (SSSR count). The molecule has 0 radical (unpaired) electrons. The molecule has 7 heteroatoms. The summed E-state index contributed by atoms with van der Waals surface area (Å²) in [6, 6.07) is 75.3. The minimum absolute atomic E-state index is 0.571. The summed E-state index contributed by atoms with van der Waals surface area (Å²) in [5, 5.41) is 11.3. The minimum atomic E-state index is 0.571. The summed E-state index contributed by atoms with van der Waals surface area (Å²) in [7, 11) is 0. The maximum Gasteiger partial charge on any atom is 0.164 e. The number of rotatable bonds is 5. The van der Waals surface area contributed by atoms with Gasteiger partial charge in [0.1, 0.15) is 5.58 Å². The Hall–Kier alpha value is -8.91. The average Bonchev–Trinajstić information content (AvgIpc) is 4.16. The summed E-state index contributed by atoms with van der Waals surface area (Å²) in [5.74, 6) is 1.78. The Balaban J connectivity index is 1.05. The summed E-state index contributed by atoms with van der Waals surface area (Å²) in [6.07, 6.45) is 0. The molecular formula is C61H35N5OS. The first-order valence-electron chi connectivity index (χ1n) is 22.9. The van der Waals surface area contributed by atoms with E-state index in [9.17, 15) is 0 Å². The van der Waals surface area contributed by atoms with E-state index in [4.69, 9.17) is 19.4 Å². The first-order chi connectivity index (χ1) is 33.7. The van der Waals surface area contributed by atoms with Crippen LogP contribution in [0.1, 0.15) is 0 Å². The third kappa shape index (κ3) is 5.36. The summed E-state index contributed by atoms with van der Waals surface area (Å²) in [4.78, 5) is 16.6. The first-order valence-corrected chi connectivity index (χ1v) is 23.7. The van der Waals surface area contributed by atoms with Crippen molar-refractivity contribution in [3.05, 3.63) is 212 Å². The van der Waals surface area contributed by atoms with Gasteiger partial charge in [0.15, 0.2) is 23.1 Å². The van der Waals surface area contributed by atoms with Gasteiger partial charge in [-0.1, -0.05) is 140 Å². The van der Waals surface area contributed by atoms with Gasteiger partial charge in [-0.25, -0.2) is 15.0 Å². The van der Waals surface area contributed by atoms with Crippen molar-refractivity contribution < 1.29 is 4.42 Å². The van der Waals surface area contributed by atoms with Crippen LogP contribution in [0, 0.1) is 0 Å². The molecule has 0 unspecified atom stereocenters. The van der Waals surface area contributed by atoms with Crippen LogP contribution in [0.5, 0.6) is 0 Å². The maximum atomic E-state index is 7.04. The predicted molar refractivity (Wildman–Crippen MR) is 282 cm³/mol. The van der Waals surface area contributed by atoms with E-state index in [-0.39, 0.29) is 0 Å². The van der Waals surface area contributed by atoms with Crippen LogP contribution in [0.15, 0.2) is 217 Å². The Kier molecular flexibility index (Phi) is 7.85. The van der Waals surface area contributed by atoms with Gasteiger partial charge in [-0.3, -0.25) is 0 Å². The van der Waals surface area contributed by atoms with Gasteiger partial charge in [0.25, 0.3) is 0 Å². The highest BCUT2D eigenvalue weighted by atomic mass is 32.1. The van der Waals surface area contributed by atoms with Crippen LogP contribution >= 0.6 is 11.3 Å². The second-order valence-corrected chi connectivity index (χ2v) is 18.6. The van der Waals surface area contributed by atoms with E-state index >= 15 is 0 Å². The zero-order chi connectivity index (χ0) is 44.5. The smallest absolute Gasteiger partial charge is 0.164 e. The van der Waals surface area contributed by atoms with E-state index in [1.807, 2.05) is 6.07 Å². The van der Waals surface area contributed by atoms with Crippen LogP contribution in [0.25, 0.3) is 142 Å². The van der Waals surface area contributed by atoms with Crippen LogP contribution in [-0.4, -0.2) is 24.1 Å². The minimum Gasteiger partial charge on any atom is -0.454 e. The summed E-state index contributed by atoms with van der Waals surface area (Å²) >= 11 is 1.79. The lowest BCUT2D eigenvalue weighted by atomic mass is 10.0. The van der Waals surface area contributed by atoms with Gasteiger partial charge in [-0.05, 0) is 83.6 Å². The van der Waals surface area contributed by atoms with Crippen LogP contribution in [-0.2, 0) is 0 Å². The molecule has 0 amide bonds. The van der Waals surface area contributed by atoms with Crippen LogP contribution in [0.4, 0.5) is 0 Å². The van der Waals surface area contributed by atoms with Crippen LogP contribution in [0.2, 0.25) is 0 Å². The summed E-state index contributed by atoms with van der Waals surface area (Å²) < 4.78 is 14.2. The lowest BCUT2D eigenvalue weighted by Gasteiger charge is -2.13. The molecule has 0 bridgehead atoms. The van der Waals surface area contributed by atoms with Crippen molar-refractivity contribution in [3.8, 4) is 45.5 Å². The van der Waals surface area contributed by atoms with Crippen LogP contribution in [0.3, 0.4) is 0 Å². The van der Waals surface area contributed by atoms with E-state index in [2.05, 4.69) is 215 Å². The zero-order valence-corrected chi connectivity index (χ0v) is 37.1. The molecule has 316 valence electrons. The van der Waals surface area contributed by atoms with Crippen molar-refractivity contribution in [3.63, 3.8) is 0 Å². The molecule has 10 aromatic carbocycles. The lowest BCUT2D eigenvalue weighted by molar-refractivity contribution is 0.666. The highest BCUT2D eigenvalue weighted by Crippen LogP contribution is 2.45. The fourth-order valence-corrected chi connectivity index (χ4v) is 12.0. The fourth-order valence-electron chi connectivity index (χ4n) is 10.9. The largest absolute Gasteiger partial charge is 0.454 e. The quantitative estimate of drug-likeness (QED) is 0.173. The van der Waals surface area contributed by atoms with E-state index < -0.39 is 0 Å². The Morgan fingerprint density at radius 1 is 0.353 bits per heavy atom. The number of furan rings is 1. The van der Waals surface area contributed by atoms with Gasteiger partial charge in [-0.15, -0.1) is 11.3 Å². The Morgan fingerprint density at radius 2 is 0.926 bits per heavy atom. The third-order valence-electron chi connectivity index (χ3n) is 13.8. The van der Waals surface area contributed by atoms with E-state index in [1.165, 1.54) is 36.3 Å². The lowest BCUT2D eigenvalue weighted by Crippen LogP contribution is -2.02. The number of para-hydroxylation sites is 4. The number of nitrogens with zero attached hydrogens (tertiary/aromatic N) is 5. The van der Waals surface area contributed by atoms with Crippen molar-refractivity contribution >= 4 is 108 Å². The summed E-state index contributed by atoms with van der Waals surface area (Å²) in [6.45, 7) is 0. The molecule has 0 N–H and O–H groups in total. The van der Waals surface area contributed by atoms with Gasteiger partial charge in [-0.2, -0.15) is 0 Å². The van der Waals surface area contributed by atoms with Gasteiger partial charge in [0, 0.05) is 74.9 Å².